The minimum atomic E-state index is -0.472. The largest absolute Gasteiger partial charge is 0.361 e. The second-order valence-electron chi connectivity index (χ2n) is 7.40. The number of rotatable bonds is 3. The van der Waals surface area contributed by atoms with Gasteiger partial charge in [-0.1, -0.05) is 39.0 Å². The predicted octanol–water partition coefficient (Wildman–Crippen LogP) is 4.85. The highest BCUT2D eigenvalue weighted by Gasteiger charge is 2.26. The highest BCUT2D eigenvalue weighted by atomic mass is 16.1. The van der Waals surface area contributed by atoms with Gasteiger partial charge in [0, 0.05) is 29.1 Å². The number of aromatic amines is 2. The quantitative estimate of drug-likeness (QED) is 0.522. The number of fused-ring (bicyclic) bond motifs is 1. The van der Waals surface area contributed by atoms with E-state index in [1.165, 1.54) is 0 Å². The third kappa shape index (κ3) is 2.81. The first-order valence-electron chi connectivity index (χ1n) is 8.56. The summed E-state index contributed by atoms with van der Waals surface area (Å²) in [5, 5.41) is 0. The maximum absolute atomic E-state index is 12.7. The summed E-state index contributed by atoms with van der Waals surface area (Å²) >= 11 is 0. The number of ketones is 1. The number of carbonyl (C=O) groups is 1. The zero-order valence-corrected chi connectivity index (χ0v) is 15.0. The van der Waals surface area contributed by atoms with Gasteiger partial charge in [0.1, 0.15) is 5.52 Å². The lowest BCUT2D eigenvalue weighted by molar-refractivity contribution is 0.0860. The Morgan fingerprint density at radius 3 is 2.58 bits per heavy atom. The Morgan fingerprint density at radius 2 is 1.85 bits per heavy atom. The summed E-state index contributed by atoms with van der Waals surface area (Å²) in [4.78, 5) is 28.2. The van der Waals surface area contributed by atoms with Crippen LogP contribution < -0.4 is 0 Å². The number of nitrogens with one attached hydrogen (secondary N) is 2. The summed E-state index contributed by atoms with van der Waals surface area (Å²) in [6.07, 6.45) is 5.34. The number of hydrogen-bond donors (Lipinski definition) is 2. The Kier molecular flexibility index (Phi) is 3.72. The minimum absolute atomic E-state index is 0.0512. The first kappa shape index (κ1) is 16.3. The molecule has 0 amide bonds. The van der Waals surface area contributed by atoms with Gasteiger partial charge in [0.2, 0.25) is 0 Å². The van der Waals surface area contributed by atoms with Crippen LogP contribution in [0.1, 0.15) is 31.1 Å². The molecule has 3 aromatic heterocycles. The smallest absolute Gasteiger partial charge is 0.171 e. The molecule has 0 radical (unpaired) electrons. The van der Waals surface area contributed by atoms with Crippen molar-refractivity contribution >= 4 is 16.9 Å². The van der Waals surface area contributed by atoms with Crippen LogP contribution in [-0.2, 0) is 0 Å². The van der Waals surface area contributed by atoms with Crippen LogP contribution in [0.2, 0.25) is 0 Å². The van der Waals surface area contributed by atoms with Gasteiger partial charge in [-0.3, -0.25) is 4.79 Å². The van der Waals surface area contributed by atoms with Gasteiger partial charge in [-0.15, -0.1) is 0 Å². The van der Waals surface area contributed by atoms with Gasteiger partial charge in [0.05, 0.1) is 17.5 Å². The summed E-state index contributed by atoms with van der Waals surface area (Å²) in [5.74, 6) is 0.0512. The fourth-order valence-electron chi connectivity index (χ4n) is 2.96. The third-order valence-electron chi connectivity index (χ3n) is 4.37. The Hall–Kier alpha value is -3.21. The molecule has 0 aliphatic heterocycles. The zero-order valence-electron chi connectivity index (χ0n) is 15.0. The van der Waals surface area contributed by atoms with Gasteiger partial charge in [0.15, 0.2) is 11.4 Å². The fourth-order valence-corrected chi connectivity index (χ4v) is 2.96. The Morgan fingerprint density at radius 1 is 1.04 bits per heavy atom. The molecule has 0 bridgehead atoms. The van der Waals surface area contributed by atoms with Crippen molar-refractivity contribution in [1.29, 1.82) is 0 Å². The lowest BCUT2D eigenvalue weighted by atomic mass is 9.87. The molecule has 0 aliphatic carbocycles. The summed E-state index contributed by atoms with van der Waals surface area (Å²) in [6.45, 7) is 5.72. The van der Waals surface area contributed by atoms with Gasteiger partial charge < -0.3 is 9.97 Å². The van der Waals surface area contributed by atoms with Gasteiger partial charge in [0.25, 0.3) is 0 Å². The first-order chi connectivity index (χ1) is 12.4. The van der Waals surface area contributed by atoms with E-state index in [-0.39, 0.29) is 5.78 Å². The van der Waals surface area contributed by atoms with Crippen molar-refractivity contribution in [3.8, 4) is 22.5 Å². The molecule has 0 spiro atoms. The number of H-pyrrole nitrogens is 2. The molecule has 5 nitrogen and oxygen atoms in total. The molecular weight excluding hydrogens is 324 g/mol. The molecule has 3 heterocycles. The van der Waals surface area contributed by atoms with E-state index >= 15 is 0 Å². The van der Waals surface area contributed by atoms with E-state index in [0.717, 1.165) is 22.5 Å². The van der Waals surface area contributed by atoms with Crippen LogP contribution in [0.5, 0.6) is 0 Å². The van der Waals surface area contributed by atoms with Crippen LogP contribution in [0.25, 0.3) is 33.7 Å². The Labute approximate surface area is 151 Å². The number of aromatic nitrogens is 4. The predicted molar refractivity (Wildman–Crippen MR) is 103 cm³/mol. The van der Waals surface area contributed by atoms with E-state index in [1.807, 2.05) is 57.3 Å². The molecule has 0 fully saturated rings. The van der Waals surface area contributed by atoms with Crippen LogP contribution in [0.3, 0.4) is 0 Å². The summed E-state index contributed by atoms with van der Waals surface area (Å²) in [6, 6.07) is 12.1. The summed E-state index contributed by atoms with van der Waals surface area (Å²) in [5.41, 5.74) is 5.19. The fraction of sp³-hybridized carbons (Fsp3) is 0.190. The van der Waals surface area contributed by atoms with Crippen molar-refractivity contribution in [2.75, 3.05) is 0 Å². The van der Waals surface area contributed by atoms with E-state index in [9.17, 15) is 4.79 Å². The van der Waals surface area contributed by atoms with Gasteiger partial charge in [-0.2, -0.15) is 0 Å². The number of Topliss-reactive ketones (excluding diaryl/α,β-unsaturated/α-hetero) is 1. The van der Waals surface area contributed by atoms with E-state index in [0.29, 0.717) is 16.7 Å². The average molecular weight is 344 g/mol. The van der Waals surface area contributed by atoms with E-state index in [1.54, 1.807) is 12.4 Å². The molecule has 5 heteroatoms. The van der Waals surface area contributed by atoms with Crippen molar-refractivity contribution in [3.05, 3.63) is 60.6 Å². The number of carbonyl (C=O) groups excluding carboxylic acids is 1. The number of benzene rings is 1. The van der Waals surface area contributed by atoms with Gasteiger partial charge in [-0.25, -0.2) is 9.97 Å². The van der Waals surface area contributed by atoms with Crippen molar-refractivity contribution < 1.29 is 4.79 Å². The van der Waals surface area contributed by atoms with Crippen LogP contribution >= 0.6 is 0 Å². The molecule has 26 heavy (non-hydrogen) atoms. The molecule has 0 saturated heterocycles. The van der Waals surface area contributed by atoms with Crippen molar-refractivity contribution in [3.63, 3.8) is 0 Å². The second kappa shape index (κ2) is 5.95. The van der Waals surface area contributed by atoms with Crippen LogP contribution in [0.15, 0.2) is 55.0 Å². The van der Waals surface area contributed by atoms with E-state index in [4.69, 9.17) is 4.98 Å². The standard InChI is InChI=1S/C21H20N4O/c1-21(2,3)19(26)15-11-23-20-18(15)25-17(12-24-20)14-7-4-6-13(10-14)16-8-5-9-22-16/h4-12,22H,1-3H3,(H,23,24). The van der Waals surface area contributed by atoms with Crippen molar-refractivity contribution in [2.24, 2.45) is 5.41 Å². The minimum Gasteiger partial charge on any atom is -0.361 e. The lowest BCUT2D eigenvalue weighted by Gasteiger charge is -2.15. The second-order valence-corrected chi connectivity index (χ2v) is 7.40. The molecule has 0 atom stereocenters. The van der Waals surface area contributed by atoms with Gasteiger partial charge in [-0.05, 0) is 23.8 Å². The topological polar surface area (TPSA) is 74.4 Å². The molecule has 4 rings (SSSR count). The molecule has 0 unspecified atom stereocenters. The average Bonchev–Trinajstić information content (AvgIpc) is 3.29. The van der Waals surface area contributed by atoms with Gasteiger partial charge >= 0.3 is 0 Å². The summed E-state index contributed by atoms with van der Waals surface area (Å²) < 4.78 is 0. The molecule has 2 N–H and O–H groups in total. The molecule has 0 saturated carbocycles. The first-order valence-corrected chi connectivity index (χ1v) is 8.56. The molecule has 1 aromatic carbocycles. The van der Waals surface area contributed by atoms with Crippen LogP contribution in [0, 0.1) is 5.41 Å². The Bertz CT molecular complexity index is 1080. The summed E-state index contributed by atoms with van der Waals surface area (Å²) in [7, 11) is 0. The third-order valence-corrected chi connectivity index (χ3v) is 4.37. The molecule has 130 valence electrons. The Balaban J connectivity index is 1.81. The maximum Gasteiger partial charge on any atom is 0.171 e. The van der Waals surface area contributed by atoms with Crippen molar-refractivity contribution in [2.45, 2.75) is 20.8 Å². The highest BCUT2D eigenvalue weighted by molar-refractivity contribution is 6.08. The number of nitrogens with zero attached hydrogens (tertiary/aromatic N) is 2. The van der Waals surface area contributed by atoms with E-state index in [2.05, 4.69) is 21.0 Å². The normalized spacial score (nSPS) is 11.8. The maximum atomic E-state index is 12.7. The molecular formula is C21H20N4O. The SMILES string of the molecule is CC(C)(C)C(=O)c1c[nH]c2ncc(-c3cccc(-c4ccc[nH]4)c3)nc12. The van der Waals surface area contributed by atoms with Crippen molar-refractivity contribution in [1.82, 2.24) is 19.9 Å². The molecule has 4 aromatic rings. The monoisotopic (exact) mass is 344 g/mol. The van der Waals surface area contributed by atoms with Crippen LogP contribution in [0.4, 0.5) is 0 Å². The lowest BCUT2D eigenvalue weighted by Crippen LogP contribution is -2.20. The van der Waals surface area contributed by atoms with Crippen LogP contribution in [-0.4, -0.2) is 25.7 Å². The highest BCUT2D eigenvalue weighted by Crippen LogP contribution is 2.28. The number of hydrogen-bond acceptors (Lipinski definition) is 3. The molecule has 0 aliphatic rings. The zero-order chi connectivity index (χ0) is 18.3. The van der Waals surface area contributed by atoms with E-state index < -0.39 is 5.41 Å².